The zero-order chi connectivity index (χ0) is 26.6. The Kier molecular flexibility index (Phi) is 8.39. The number of anilines is 1. The molecule has 2 N–H and O–H groups in total. The van der Waals surface area contributed by atoms with Crippen molar-refractivity contribution in [2.75, 3.05) is 24.2 Å². The maximum absolute atomic E-state index is 13.0. The first-order valence-electron chi connectivity index (χ1n) is 11.9. The van der Waals surface area contributed by atoms with Crippen LogP contribution >= 0.6 is 0 Å². The van der Waals surface area contributed by atoms with Crippen molar-refractivity contribution in [3.8, 4) is 11.3 Å². The van der Waals surface area contributed by atoms with Crippen LogP contribution in [0.15, 0.2) is 34.7 Å². The molecular weight excluding hydrogens is 482 g/mol. The van der Waals surface area contributed by atoms with E-state index in [1.165, 1.54) is 4.31 Å². The number of unbranched alkanes of at least 4 members (excludes halogenated alkanes) is 1. The molecule has 0 aliphatic rings. The summed E-state index contributed by atoms with van der Waals surface area (Å²) >= 11 is 0. The zero-order valence-corrected chi connectivity index (χ0v) is 22.1. The van der Waals surface area contributed by atoms with Crippen molar-refractivity contribution in [3.63, 3.8) is 0 Å². The number of carbonyl (C=O) groups excluding carboxylic acids is 1. The molecule has 1 aromatic carbocycles. The number of aryl methyl sites for hydroxylation is 1. The number of furan rings is 1. The van der Waals surface area contributed by atoms with Gasteiger partial charge in [0.1, 0.15) is 11.6 Å². The summed E-state index contributed by atoms with van der Waals surface area (Å²) in [4.78, 5) is 28.5. The SMILES string of the molecule is CCC(C)c1cc2c(C(=O)NC)c(-c3ccc(C)cc3)oc2nc1N(CCCCC(=O)O)S(C)(=O)=O. The molecule has 1 atom stereocenters. The predicted molar refractivity (Wildman–Crippen MR) is 140 cm³/mol. The van der Waals surface area contributed by atoms with Crippen LogP contribution in [-0.4, -0.2) is 50.2 Å². The summed E-state index contributed by atoms with van der Waals surface area (Å²) < 4.78 is 32.9. The van der Waals surface area contributed by atoms with Gasteiger partial charge in [-0.3, -0.25) is 13.9 Å². The Labute approximate surface area is 211 Å². The number of fused-ring (bicyclic) bond motifs is 1. The van der Waals surface area contributed by atoms with Gasteiger partial charge in [0.05, 0.1) is 17.2 Å². The molecule has 2 heterocycles. The van der Waals surface area contributed by atoms with Gasteiger partial charge in [-0.2, -0.15) is 4.98 Å². The Morgan fingerprint density at radius 2 is 1.86 bits per heavy atom. The molecule has 2 aromatic heterocycles. The molecule has 1 unspecified atom stereocenters. The molecular formula is C26H33N3O6S. The first-order chi connectivity index (χ1) is 17.0. The highest BCUT2D eigenvalue weighted by Gasteiger charge is 2.29. The smallest absolute Gasteiger partial charge is 0.303 e. The van der Waals surface area contributed by atoms with E-state index in [0.29, 0.717) is 40.7 Å². The van der Waals surface area contributed by atoms with Crippen molar-refractivity contribution in [2.45, 2.75) is 52.4 Å². The van der Waals surface area contributed by atoms with Crippen LogP contribution in [0.2, 0.25) is 0 Å². The number of aromatic nitrogens is 1. The number of benzene rings is 1. The second kappa shape index (κ2) is 11.1. The second-order valence-corrected chi connectivity index (χ2v) is 10.9. The fraction of sp³-hybridized carbons (Fsp3) is 0.423. The number of nitrogens with zero attached hydrogens (tertiary/aromatic N) is 2. The van der Waals surface area contributed by atoms with Gasteiger partial charge < -0.3 is 14.8 Å². The topological polar surface area (TPSA) is 130 Å². The van der Waals surface area contributed by atoms with Gasteiger partial charge in [0.25, 0.3) is 5.91 Å². The van der Waals surface area contributed by atoms with Crippen molar-refractivity contribution in [3.05, 3.63) is 47.0 Å². The van der Waals surface area contributed by atoms with Crippen molar-refractivity contribution in [1.29, 1.82) is 0 Å². The van der Waals surface area contributed by atoms with Crippen LogP contribution in [0, 0.1) is 6.92 Å². The molecule has 0 radical (unpaired) electrons. The van der Waals surface area contributed by atoms with E-state index >= 15 is 0 Å². The van der Waals surface area contributed by atoms with E-state index < -0.39 is 16.0 Å². The highest BCUT2D eigenvalue weighted by molar-refractivity contribution is 7.92. The molecule has 0 bridgehead atoms. The van der Waals surface area contributed by atoms with Gasteiger partial charge in [-0.15, -0.1) is 0 Å². The number of sulfonamides is 1. The summed E-state index contributed by atoms with van der Waals surface area (Å²) in [6.45, 7) is 6.01. The Hall–Kier alpha value is -3.40. The van der Waals surface area contributed by atoms with Gasteiger partial charge in [0, 0.05) is 25.6 Å². The first kappa shape index (κ1) is 27.2. The highest BCUT2D eigenvalue weighted by atomic mass is 32.2. The Morgan fingerprint density at radius 1 is 1.19 bits per heavy atom. The molecule has 0 fully saturated rings. The normalized spacial score (nSPS) is 12.5. The molecule has 36 heavy (non-hydrogen) atoms. The Balaban J connectivity index is 2.25. The van der Waals surface area contributed by atoms with E-state index in [2.05, 4.69) is 10.3 Å². The minimum absolute atomic E-state index is 0.0458. The third-order valence-corrected chi connectivity index (χ3v) is 7.40. The summed E-state index contributed by atoms with van der Waals surface area (Å²) in [7, 11) is -2.19. The van der Waals surface area contributed by atoms with Crippen molar-refractivity contribution in [1.82, 2.24) is 10.3 Å². The predicted octanol–water partition coefficient (Wildman–Crippen LogP) is 4.70. The molecule has 0 saturated heterocycles. The number of aliphatic carboxylic acids is 1. The van der Waals surface area contributed by atoms with Crippen LogP contribution in [0.25, 0.3) is 22.4 Å². The molecule has 10 heteroatoms. The third-order valence-electron chi connectivity index (χ3n) is 6.24. The van der Waals surface area contributed by atoms with Crippen LogP contribution in [-0.2, 0) is 14.8 Å². The lowest BCUT2D eigenvalue weighted by Crippen LogP contribution is -2.33. The number of hydrogen-bond acceptors (Lipinski definition) is 6. The zero-order valence-electron chi connectivity index (χ0n) is 21.3. The van der Waals surface area contributed by atoms with E-state index in [-0.39, 0.29) is 36.3 Å². The van der Waals surface area contributed by atoms with E-state index in [4.69, 9.17) is 9.52 Å². The quantitative estimate of drug-likeness (QED) is 0.354. The summed E-state index contributed by atoms with van der Waals surface area (Å²) in [6.07, 6.45) is 2.47. The fourth-order valence-corrected chi connectivity index (χ4v) is 4.95. The number of hydrogen-bond donors (Lipinski definition) is 2. The lowest BCUT2D eigenvalue weighted by Gasteiger charge is -2.25. The van der Waals surface area contributed by atoms with Crippen LogP contribution in [0.4, 0.5) is 5.82 Å². The van der Waals surface area contributed by atoms with Crippen LogP contribution in [0.5, 0.6) is 0 Å². The molecule has 3 aromatic rings. The minimum Gasteiger partial charge on any atom is -0.481 e. The van der Waals surface area contributed by atoms with Crippen molar-refractivity contribution >= 4 is 38.8 Å². The van der Waals surface area contributed by atoms with Gasteiger partial charge in [0.15, 0.2) is 0 Å². The van der Waals surface area contributed by atoms with E-state index in [9.17, 15) is 18.0 Å². The lowest BCUT2D eigenvalue weighted by molar-refractivity contribution is -0.137. The van der Waals surface area contributed by atoms with Crippen LogP contribution in [0.3, 0.4) is 0 Å². The van der Waals surface area contributed by atoms with Gasteiger partial charge in [0.2, 0.25) is 15.7 Å². The largest absolute Gasteiger partial charge is 0.481 e. The van der Waals surface area contributed by atoms with Crippen molar-refractivity contribution in [2.24, 2.45) is 0 Å². The number of amides is 1. The maximum Gasteiger partial charge on any atom is 0.303 e. The number of nitrogens with one attached hydrogen (secondary N) is 1. The monoisotopic (exact) mass is 515 g/mol. The Bertz CT molecular complexity index is 1360. The number of pyridine rings is 1. The maximum atomic E-state index is 13.0. The van der Waals surface area contributed by atoms with Gasteiger partial charge in [-0.05, 0) is 43.7 Å². The van der Waals surface area contributed by atoms with E-state index in [0.717, 1.165) is 18.2 Å². The molecule has 0 aliphatic carbocycles. The summed E-state index contributed by atoms with van der Waals surface area (Å²) in [5, 5.41) is 12.1. The second-order valence-electron chi connectivity index (χ2n) is 9.00. The lowest BCUT2D eigenvalue weighted by atomic mass is 9.96. The number of rotatable bonds is 11. The van der Waals surface area contributed by atoms with Crippen LogP contribution < -0.4 is 9.62 Å². The summed E-state index contributed by atoms with van der Waals surface area (Å²) in [5.74, 6) is -0.724. The first-order valence-corrected chi connectivity index (χ1v) is 13.8. The molecule has 9 nitrogen and oxygen atoms in total. The molecule has 0 aliphatic heterocycles. The number of carboxylic acid groups (broad SMARTS) is 1. The molecule has 1 amide bonds. The van der Waals surface area contributed by atoms with Gasteiger partial charge >= 0.3 is 5.97 Å². The minimum atomic E-state index is -3.73. The van der Waals surface area contributed by atoms with Gasteiger partial charge in [-0.25, -0.2) is 8.42 Å². The molecule has 0 spiro atoms. The fourth-order valence-electron chi connectivity index (χ4n) is 4.03. The molecule has 3 rings (SSSR count). The molecule has 194 valence electrons. The Morgan fingerprint density at radius 3 is 2.42 bits per heavy atom. The average molecular weight is 516 g/mol. The van der Waals surface area contributed by atoms with Gasteiger partial charge in [-0.1, -0.05) is 43.7 Å². The number of carboxylic acids is 1. The van der Waals surface area contributed by atoms with Crippen LogP contribution in [0.1, 0.15) is 66.9 Å². The van der Waals surface area contributed by atoms with Crippen molar-refractivity contribution < 1.29 is 27.5 Å². The third kappa shape index (κ3) is 5.87. The van der Waals surface area contributed by atoms with E-state index in [1.807, 2.05) is 45.0 Å². The standard InChI is InChI=1S/C26H33N3O6S/c1-6-17(3)19-15-20-22(25(32)27-4)23(18-12-10-16(2)11-13-18)35-26(20)28-24(19)29(36(5,33)34)14-8-7-9-21(30)31/h10-13,15,17H,6-9,14H2,1-5H3,(H,27,32)(H,30,31). The van der Waals surface area contributed by atoms with E-state index in [1.54, 1.807) is 13.1 Å². The average Bonchev–Trinajstić information content (AvgIpc) is 3.20. The highest BCUT2D eigenvalue weighted by Crippen LogP contribution is 2.39. The molecule has 0 saturated carbocycles. The number of carbonyl (C=O) groups is 2. The summed E-state index contributed by atoms with van der Waals surface area (Å²) in [5.41, 5.74) is 2.94. The summed E-state index contributed by atoms with van der Waals surface area (Å²) in [6, 6.07) is 9.36.